The zero-order valence-electron chi connectivity index (χ0n) is 11.7. The Balaban J connectivity index is 2.07. The first-order valence-corrected chi connectivity index (χ1v) is 6.74. The lowest BCUT2D eigenvalue weighted by Gasteiger charge is -2.21. The highest BCUT2D eigenvalue weighted by Crippen LogP contribution is 2.17. The Kier molecular flexibility index (Phi) is 4.40. The van der Waals surface area contributed by atoms with Crippen LogP contribution in [-0.2, 0) is 4.79 Å². The smallest absolute Gasteiger partial charge is 0.254 e. The zero-order valence-corrected chi connectivity index (χ0v) is 11.7. The van der Waals surface area contributed by atoms with Crippen molar-refractivity contribution in [1.82, 2.24) is 10.2 Å². The van der Waals surface area contributed by atoms with Gasteiger partial charge in [0.15, 0.2) is 0 Å². The SMILES string of the molecule is CC(NC(=O)c1cc(N)c(F)cc1F)C(=O)N1CCCC1. The monoisotopic (exact) mass is 297 g/mol. The number of nitrogens with two attached hydrogens (primary N) is 1. The average molecular weight is 297 g/mol. The number of nitrogens with zero attached hydrogens (tertiary/aromatic N) is 1. The summed E-state index contributed by atoms with van der Waals surface area (Å²) in [6, 6.07) is 0.700. The van der Waals surface area contributed by atoms with Gasteiger partial charge in [0.25, 0.3) is 5.91 Å². The van der Waals surface area contributed by atoms with Crippen LogP contribution in [0.2, 0.25) is 0 Å². The molecule has 2 rings (SSSR count). The van der Waals surface area contributed by atoms with Crippen LogP contribution in [0.1, 0.15) is 30.1 Å². The second-order valence-electron chi connectivity index (χ2n) is 5.08. The van der Waals surface area contributed by atoms with Crippen molar-refractivity contribution >= 4 is 17.5 Å². The first-order chi connectivity index (χ1) is 9.90. The van der Waals surface area contributed by atoms with Gasteiger partial charge in [-0.15, -0.1) is 0 Å². The molecule has 1 saturated heterocycles. The molecule has 21 heavy (non-hydrogen) atoms. The van der Waals surface area contributed by atoms with Crippen LogP contribution in [0.15, 0.2) is 12.1 Å². The summed E-state index contributed by atoms with van der Waals surface area (Å²) in [5.74, 6) is -2.94. The second-order valence-corrected chi connectivity index (χ2v) is 5.08. The molecule has 1 aliphatic rings. The number of benzene rings is 1. The van der Waals surface area contributed by atoms with Crippen LogP contribution >= 0.6 is 0 Å². The first kappa shape index (κ1) is 15.2. The Morgan fingerprint density at radius 1 is 1.24 bits per heavy atom. The lowest BCUT2D eigenvalue weighted by molar-refractivity contribution is -0.131. The van der Waals surface area contributed by atoms with Gasteiger partial charge in [0.2, 0.25) is 5.91 Å². The van der Waals surface area contributed by atoms with Gasteiger partial charge < -0.3 is 16.0 Å². The number of amides is 2. The predicted octanol–water partition coefficient (Wildman–Crippen LogP) is 1.29. The number of carbonyl (C=O) groups is 2. The van der Waals surface area contributed by atoms with Gasteiger partial charge in [0.05, 0.1) is 11.3 Å². The number of halogens is 2. The summed E-state index contributed by atoms with van der Waals surface area (Å²) in [4.78, 5) is 25.7. The van der Waals surface area contributed by atoms with E-state index in [2.05, 4.69) is 5.32 Å². The molecule has 1 unspecified atom stereocenters. The molecular weight excluding hydrogens is 280 g/mol. The third-order valence-electron chi connectivity index (χ3n) is 3.47. The maximum Gasteiger partial charge on any atom is 0.254 e. The minimum absolute atomic E-state index is 0.212. The second kappa shape index (κ2) is 6.07. The van der Waals surface area contributed by atoms with Crippen molar-refractivity contribution in [2.75, 3.05) is 18.8 Å². The molecule has 0 aromatic heterocycles. The van der Waals surface area contributed by atoms with Crippen LogP contribution in [0.3, 0.4) is 0 Å². The largest absolute Gasteiger partial charge is 0.396 e. The molecule has 1 aliphatic heterocycles. The van der Waals surface area contributed by atoms with E-state index >= 15 is 0 Å². The van der Waals surface area contributed by atoms with Crippen molar-refractivity contribution in [2.45, 2.75) is 25.8 Å². The average Bonchev–Trinajstić information content (AvgIpc) is 2.95. The van der Waals surface area contributed by atoms with E-state index in [1.807, 2.05) is 0 Å². The van der Waals surface area contributed by atoms with E-state index in [9.17, 15) is 18.4 Å². The maximum atomic E-state index is 13.6. The number of anilines is 1. The minimum atomic E-state index is -1.01. The fourth-order valence-electron chi connectivity index (χ4n) is 2.29. The summed E-state index contributed by atoms with van der Waals surface area (Å²) < 4.78 is 26.6. The van der Waals surface area contributed by atoms with E-state index in [0.29, 0.717) is 19.2 Å². The molecule has 0 saturated carbocycles. The summed E-state index contributed by atoms with van der Waals surface area (Å²) in [5, 5.41) is 2.41. The van der Waals surface area contributed by atoms with Gasteiger partial charge in [-0.2, -0.15) is 0 Å². The van der Waals surface area contributed by atoms with Gasteiger partial charge in [0, 0.05) is 19.2 Å². The normalized spacial score (nSPS) is 15.9. The van der Waals surface area contributed by atoms with Gasteiger partial charge in [-0.05, 0) is 25.8 Å². The molecule has 7 heteroatoms. The quantitative estimate of drug-likeness (QED) is 0.825. The Morgan fingerprint density at radius 3 is 2.48 bits per heavy atom. The van der Waals surface area contributed by atoms with Gasteiger partial charge in [0.1, 0.15) is 17.7 Å². The molecule has 1 aromatic carbocycles. The number of likely N-dealkylation sites (tertiary alicyclic amines) is 1. The van der Waals surface area contributed by atoms with Crippen molar-refractivity contribution < 1.29 is 18.4 Å². The number of hydrogen-bond acceptors (Lipinski definition) is 3. The Bertz CT molecular complexity index is 572. The molecule has 1 heterocycles. The van der Waals surface area contributed by atoms with Crippen molar-refractivity contribution in [3.63, 3.8) is 0 Å². The number of hydrogen-bond donors (Lipinski definition) is 2. The zero-order chi connectivity index (χ0) is 15.6. The predicted molar refractivity (Wildman–Crippen MR) is 73.5 cm³/mol. The fraction of sp³-hybridized carbons (Fsp3) is 0.429. The van der Waals surface area contributed by atoms with Crippen LogP contribution in [0, 0.1) is 11.6 Å². The first-order valence-electron chi connectivity index (χ1n) is 6.74. The van der Waals surface area contributed by atoms with Crippen molar-refractivity contribution in [2.24, 2.45) is 0 Å². The third kappa shape index (κ3) is 3.29. The molecule has 2 amide bonds. The number of nitrogen functional groups attached to an aromatic ring is 1. The molecular formula is C14H17F2N3O2. The third-order valence-corrected chi connectivity index (χ3v) is 3.47. The topological polar surface area (TPSA) is 75.4 Å². The van der Waals surface area contributed by atoms with E-state index in [4.69, 9.17) is 5.73 Å². The highest BCUT2D eigenvalue weighted by molar-refractivity contribution is 5.98. The van der Waals surface area contributed by atoms with E-state index < -0.39 is 23.6 Å². The molecule has 5 nitrogen and oxygen atoms in total. The maximum absolute atomic E-state index is 13.6. The molecule has 1 fully saturated rings. The lowest BCUT2D eigenvalue weighted by Crippen LogP contribution is -2.46. The minimum Gasteiger partial charge on any atom is -0.396 e. The summed E-state index contributed by atoms with van der Waals surface area (Å²) >= 11 is 0. The van der Waals surface area contributed by atoms with Gasteiger partial charge in [-0.25, -0.2) is 8.78 Å². The number of carbonyl (C=O) groups excluding carboxylic acids is 2. The fourth-order valence-corrected chi connectivity index (χ4v) is 2.29. The molecule has 1 aromatic rings. The van der Waals surface area contributed by atoms with E-state index in [1.165, 1.54) is 6.92 Å². The molecule has 3 N–H and O–H groups in total. The highest BCUT2D eigenvalue weighted by Gasteiger charge is 2.25. The standard InChI is InChI=1S/C14H17F2N3O2/c1-8(14(21)19-4-2-3-5-19)18-13(20)9-6-12(17)11(16)7-10(9)15/h6-8H,2-5,17H2,1H3,(H,18,20). The highest BCUT2D eigenvalue weighted by atomic mass is 19.1. The van der Waals surface area contributed by atoms with Gasteiger partial charge in [-0.1, -0.05) is 0 Å². The van der Waals surface area contributed by atoms with Crippen LogP contribution in [-0.4, -0.2) is 35.8 Å². The van der Waals surface area contributed by atoms with Crippen molar-refractivity contribution in [1.29, 1.82) is 0 Å². The summed E-state index contributed by atoms with van der Waals surface area (Å²) in [5.41, 5.74) is 4.62. The Labute approximate surface area is 121 Å². The van der Waals surface area contributed by atoms with Crippen molar-refractivity contribution in [3.8, 4) is 0 Å². The van der Waals surface area contributed by atoms with E-state index in [0.717, 1.165) is 18.9 Å². The molecule has 0 bridgehead atoms. The Hall–Kier alpha value is -2.18. The van der Waals surface area contributed by atoms with Crippen LogP contribution in [0.25, 0.3) is 0 Å². The molecule has 114 valence electrons. The molecule has 0 aliphatic carbocycles. The van der Waals surface area contributed by atoms with Crippen molar-refractivity contribution in [3.05, 3.63) is 29.3 Å². The Morgan fingerprint density at radius 2 is 1.86 bits per heavy atom. The molecule has 1 atom stereocenters. The summed E-state index contributed by atoms with van der Waals surface area (Å²) in [6.07, 6.45) is 1.88. The number of nitrogens with one attached hydrogen (secondary N) is 1. The summed E-state index contributed by atoms with van der Waals surface area (Å²) in [6.45, 7) is 2.86. The van der Waals surface area contributed by atoms with E-state index in [1.54, 1.807) is 4.90 Å². The molecule has 0 radical (unpaired) electrons. The molecule has 0 spiro atoms. The van der Waals surface area contributed by atoms with Crippen LogP contribution in [0.4, 0.5) is 14.5 Å². The number of rotatable bonds is 3. The lowest BCUT2D eigenvalue weighted by atomic mass is 10.1. The van der Waals surface area contributed by atoms with Gasteiger partial charge >= 0.3 is 0 Å². The van der Waals surface area contributed by atoms with Crippen LogP contribution in [0.5, 0.6) is 0 Å². The van der Waals surface area contributed by atoms with Gasteiger partial charge in [-0.3, -0.25) is 9.59 Å². The van der Waals surface area contributed by atoms with E-state index in [-0.39, 0.29) is 17.2 Å². The van der Waals surface area contributed by atoms with Crippen LogP contribution < -0.4 is 11.1 Å². The summed E-state index contributed by atoms with van der Waals surface area (Å²) in [7, 11) is 0.